The van der Waals surface area contributed by atoms with Crippen molar-refractivity contribution in [1.82, 2.24) is 9.88 Å². The molecule has 0 aliphatic heterocycles. The van der Waals surface area contributed by atoms with Crippen molar-refractivity contribution in [2.75, 3.05) is 33.1 Å². The Morgan fingerprint density at radius 2 is 2.10 bits per heavy atom. The van der Waals surface area contributed by atoms with Crippen LogP contribution in [0.1, 0.15) is 5.56 Å². The molecule has 0 bridgehead atoms. The zero-order valence-electron chi connectivity index (χ0n) is 12.4. The Balaban J connectivity index is 2.34. The molecule has 0 fully saturated rings. The van der Waals surface area contributed by atoms with E-state index in [4.69, 9.17) is 4.74 Å². The highest BCUT2D eigenvalue weighted by Crippen LogP contribution is 2.25. The van der Waals surface area contributed by atoms with Crippen molar-refractivity contribution >= 4 is 16.7 Å². The predicted molar refractivity (Wildman–Crippen MR) is 80.2 cm³/mol. The number of alkyl halides is 2. The second kappa shape index (κ2) is 6.67. The van der Waals surface area contributed by atoms with Crippen molar-refractivity contribution in [2.45, 2.75) is 13.0 Å². The average Bonchev–Trinajstić information content (AvgIpc) is 2.45. The van der Waals surface area contributed by atoms with Crippen LogP contribution >= 0.6 is 0 Å². The summed E-state index contributed by atoms with van der Waals surface area (Å²) in [7, 11) is 5.04. The fraction of sp³-hybridized carbons (Fsp3) is 0.400. The van der Waals surface area contributed by atoms with Crippen LogP contribution < -0.4 is 10.1 Å². The Labute approximate surface area is 122 Å². The molecule has 0 aliphatic carbocycles. The topological polar surface area (TPSA) is 37.4 Å². The Morgan fingerprint density at radius 1 is 1.33 bits per heavy atom. The van der Waals surface area contributed by atoms with E-state index in [0.717, 1.165) is 22.2 Å². The molecular formula is C15H19F2N3O. The lowest BCUT2D eigenvalue weighted by Crippen LogP contribution is -2.24. The molecular weight excluding hydrogens is 276 g/mol. The van der Waals surface area contributed by atoms with Crippen LogP contribution in [0, 0.1) is 0 Å². The molecule has 1 N–H and O–H groups in total. The molecule has 0 atom stereocenters. The van der Waals surface area contributed by atoms with Gasteiger partial charge in [-0.1, -0.05) is 0 Å². The van der Waals surface area contributed by atoms with Crippen LogP contribution in [-0.2, 0) is 6.54 Å². The molecule has 114 valence electrons. The molecule has 1 heterocycles. The molecule has 0 radical (unpaired) electrons. The van der Waals surface area contributed by atoms with E-state index in [1.807, 2.05) is 24.3 Å². The van der Waals surface area contributed by atoms with Crippen LogP contribution in [-0.4, -0.2) is 44.1 Å². The number of benzene rings is 1. The second-order valence-electron chi connectivity index (χ2n) is 4.89. The SMILES string of the molecule is CNc1nc2cc(OC)ccc2cc1CN(C)CC(F)F. The van der Waals surface area contributed by atoms with Gasteiger partial charge in [0, 0.05) is 30.6 Å². The van der Waals surface area contributed by atoms with Gasteiger partial charge in [0.15, 0.2) is 0 Å². The van der Waals surface area contributed by atoms with Crippen LogP contribution in [0.15, 0.2) is 24.3 Å². The van der Waals surface area contributed by atoms with Crippen molar-refractivity contribution in [3.05, 3.63) is 29.8 Å². The highest BCUT2D eigenvalue weighted by Gasteiger charge is 2.12. The number of hydrogen-bond acceptors (Lipinski definition) is 4. The third-order valence-electron chi connectivity index (χ3n) is 3.23. The quantitative estimate of drug-likeness (QED) is 0.889. The number of nitrogens with zero attached hydrogens (tertiary/aromatic N) is 2. The Kier molecular flexibility index (Phi) is 4.90. The standard InChI is InChI=1S/C15H19F2N3O/c1-18-15-11(8-20(2)9-14(16)17)6-10-4-5-12(21-3)7-13(10)19-15/h4-7,14H,8-9H2,1-3H3,(H,18,19). The Hall–Kier alpha value is -1.95. The van der Waals surface area contributed by atoms with Crippen molar-refractivity contribution in [3.63, 3.8) is 0 Å². The number of fused-ring (bicyclic) bond motifs is 1. The van der Waals surface area contributed by atoms with Gasteiger partial charge in [0.1, 0.15) is 11.6 Å². The molecule has 0 unspecified atom stereocenters. The minimum absolute atomic E-state index is 0.260. The molecule has 6 heteroatoms. The van der Waals surface area contributed by atoms with Gasteiger partial charge in [-0.05, 0) is 25.2 Å². The molecule has 0 saturated heterocycles. The minimum atomic E-state index is -2.34. The van der Waals surface area contributed by atoms with Gasteiger partial charge in [0.05, 0.1) is 19.2 Å². The Bertz CT molecular complexity index is 619. The largest absolute Gasteiger partial charge is 0.497 e. The van der Waals surface area contributed by atoms with Crippen LogP contribution in [0.5, 0.6) is 5.75 Å². The first-order chi connectivity index (χ1) is 10.0. The smallest absolute Gasteiger partial charge is 0.251 e. The number of methoxy groups -OCH3 is 1. The number of anilines is 1. The van der Waals surface area contributed by atoms with Crippen molar-refractivity contribution in [3.8, 4) is 5.75 Å². The summed E-state index contributed by atoms with van der Waals surface area (Å²) < 4.78 is 30.0. The van der Waals surface area contributed by atoms with E-state index in [1.165, 1.54) is 0 Å². The summed E-state index contributed by atoms with van der Waals surface area (Å²) in [4.78, 5) is 6.11. The van der Waals surface area contributed by atoms with E-state index < -0.39 is 6.43 Å². The van der Waals surface area contributed by atoms with Gasteiger partial charge in [-0.2, -0.15) is 0 Å². The van der Waals surface area contributed by atoms with Gasteiger partial charge in [-0.15, -0.1) is 0 Å². The molecule has 21 heavy (non-hydrogen) atoms. The third kappa shape index (κ3) is 3.78. The van der Waals surface area contributed by atoms with E-state index in [2.05, 4.69) is 10.3 Å². The molecule has 0 amide bonds. The van der Waals surface area contributed by atoms with Gasteiger partial charge in [0.25, 0.3) is 6.43 Å². The third-order valence-corrected chi connectivity index (χ3v) is 3.23. The summed E-state index contributed by atoms with van der Waals surface area (Å²) >= 11 is 0. The number of hydrogen-bond donors (Lipinski definition) is 1. The monoisotopic (exact) mass is 295 g/mol. The zero-order chi connectivity index (χ0) is 15.4. The van der Waals surface area contributed by atoms with Gasteiger partial charge in [-0.3, -0.25) is 4.90 Å². The first-order valence-electron chi connectivity index (χ1n) is 6.65. The highest BCUT2D eigenvalue weighted by atomic mass is 19.3. The van der Waals surface area contributed by atoms with Crippen molar-refractivity contribution in [2.24, 2.45) is 0 Å². The molecule has 1 aromatic carbocycles. The van der Waals surface area contributed by atoms with E-state index in [-0.39, 0.29) is 6.54 Å². The van der Waals surface area contributed by atoms with Crippen molar-refractivity contribution < 1.29 is 13.5 Å². The number of pyridine rings is 1. The van der Waals surface area contributed by atoms with E-state index in [9.17, 15) is 8.78 Å². The molecule has 4 nitrogen and oxygen atoms in total. The molecule has 2 aromatic rings. The molecule has 0 aliphatic rings. The maximum absolute atomic E-state index is 12.4. The Morgan fingerprint density at radius 3 is 2.71 bits per heavy atom. The maximum atomic E-state index is 12.4. The predicted octanol–water partition coefficient (Wildman–Crippen LogP) is 2.98. The average molecular weight is 295 g/mol. The number of rotatable bonds is 6. The lowest BCUT2D eigenvalue weighted by atomic mass is 10.1. The summed E-state index contributed by atoms with van der Waals surface area (Å²) in [6, 6.07) is 7.59. The number of nitrogens with one attached hydrogen (secondary N) is 1. The zero-order valence-corrected chi connectivity index (χ0v) is 12.4. The first-order valence-corrected chi connectivity index (χ1v) is 6.65. The first kappa shape index (κ1) is 15.4. The number of ether oxygens (including phenoxy) is 1. The van der Waals surface area contributed by atoms with Gasteiger partial charge >= 0.3 is 0 Å². The van der Waals surface area contributed by atoms with Crippen LogP contribution in [0.3, 0.4) is 0 Å². The molecule has 1 aromatic heterocycles. The molecule has 2 rings (SSSR count). The number of aromatic nitrogens is 1. The minimum Gasteiger partial charge on any atom is -0.497 e. The van der Waals surface area contributed by atoms with Gasteiger partial charge < -0.3 is 10.1 Å². The van der Waals surface area contributed by atoms with Crippen molar-refractivity contribution in [1.29, 1.82) is 0 Å². The fourth-order valence-corrected chi connectivity index (χ4v) is 2.25. The van der Waals surface area contributed by atoms with Crippen LogP contribution in [0.2, 0.25) is 0 Å². The summed E-state index contributed by atoms with van der Waals surface area (Å²) in [5, 5.41) is 3.97. The highest BCUT2D eigenvalue weighted by molar-refractivity contribution is 5.83. The van der Waals surface area contributed by atoms with Crippen LogP contribution in [0.25, 0.3) is 10.9 Å². The summed E-state index contributed by atoms with van der Waals surface area (Å²) in [6.07, 6.45) is -2.34. The summed E-state index contributed by atoms with van der Waals surface area (Å²) in [6.45, 7) is 0.152. The maximum Gasteiger partial charge on any atom is 0.251 e. The normalized spacial score (nSPS) is 11.4. The summed E-state index contributed by atoms with van der Waals surface area (Å²) in [5.41, 5.74) is 1.69. The van der Waals surface area contributed by atoms with Gasteiger partial charge in [0.2, 0.25) is 0 Å². The molecule has 0 saturated carbocycles. The van der Waals surface area contributed by atoms with Gasteiger partial charge in [-0.25, -0.2) is 13.8 Å². The second-order valence-corrected chi connectivity index (χ2v) is 4.89. The molecule has 0 spiro atoms. The van der Waals surface area contributed by atoms with E-state index >= 15 is 0 Å². The van der Waals surface area contributed by atoms with E-state index in [1.54, 1.807) is 26.1 Å². The summed E-state index contributed by atoms with van der Waals surface area (Å²) in [5.74, 6) is 1.43. The lowest BCUT2D eigenvalue weighted by molar-refractivity contribution is 0.0976. The lowest BCUT2D eigenvalue weighted by Gasteiger charge is -2.18. The van der Waals surface area contributed by atoms with E-state index in [0.29, 0.717) is 12.4 Å². The fourth-order valence-electron chi connectivity index (χ4n) is 2.25. The van der Waals surface area contributed by atoms with Crippen LogP contribution in [0.4, 0.5) is 14.6 Å². The number of halogens is 2.